The van der Waals surface area contributed by atoms with Crippen molar-refractivity contribution in [2.45, 2.75) is 20.5 Å². The topological polar surface area (TPSA) is 115 Å². The van der Waals surface area contributed by atoms with E-state index in [4.69, 9.17) is 9.47 Å². The first-order chi connectivity index (χ1) is 16.8. The first kappa shape index (κ1) is 26.4. The molecule has 0 saturated heterocycles. The lowest BCUT2D eigenvalue weighted by Crippen LogP contribution is -2.24. The number of hydrogen-bond acceptors (Lipinski definition) is 6. The van der Waals surface area contributed by atoms with Crippen LogP contribution < -0.4 is 20.2 Å². The van der Waals surface area contributed by atoms with Crippen LogP contribution in [-0.4, -0.2) is 23.8 Å². The maximum absolute atomic E-state index is 12.1. The lowest BCUT2D eigenvalue weighted by Gasteiger charge is -2.14. The lowest BCUT2D eigenvalue weighted by molar-refractivity contribution is -0.384. The van der Waals surface area contributed by atoms with E-state index in [2.05, 4.69) is 54.4 Å². The third kappa shape index (κ3) is 7.65. The first-order valence-electron chi connectivity index (χ1n) is 10.5. The fourth-order valence-corrected chi connectivity index (χ4v) is 4.06. The van der Waals surface area contributed by atoms with Crippen molar-refractivity contribution in [3.8, 4) is 11.5 Å². The van der Waals surface area contributed by atoms with Crippen LogP contribution in [0, 0.1) is 20.6 Å². The second-order valence-electron chi connectivity index (χ2n) is 7.27. The van der Waals surface area contributed by atoms with Gasteiger partial charge in [-0.25, -0.2) is 10.2 Å². The van der Waals surface area contributed by atoms with Crippen LogP contribution in [0.5, 0.6) is 11.5 Å². The third-order valence-corrected chi connectivity index (χ3v) is 6.32. The fourth-order valence-electron chi connectivity index (χ4n) is 3.03. The van der Waals surface area contributed by atoms with E-state index in [0.29, 0.717) is 34.9 Å². The molecule has 0 unspecified atom stereocenters. The van der Waals surface area contributed by atoms with E-state index in [1.54, 1.807) is 24.3 Å². The molecule has 0 radical (unpaired) electrons. The number of ether oxygens (including phenoxy) is 2. The van der Waals surface area contributed by atoms with Gasteiger partial charge < -0.3 is 14.8 Å². The van der Waals surface area contributed by atoms with E-state index >= 15 is 0 Å². The number of nitro groups is 1. The van der Waals surface area contributed by atoms with Crippen molar-refractivity contribution in [3.63, 3.8) is 0 Å². The number of nitrogens with zero attached hydrogens (tertiary/aromatic N) is 2. The van der Waals surface area contributed by atoms with Crippen molar-refractivity contribution in [2.75, 3.05) is 11.9 Å². The van der Waals surface area contributed by atoms with Crippen LogP contribution in [0.1, 0.15) is 23.6 Å². The van der Waals surface area contributed by atoms with E-state index in [1.165, 1.54) is 18.3 Å². The van der Waals surface area contributed by atoms with E-state index in [0.717, 1.165) is 13.6 Å². The average molecular weight is 653 g/mol. The summed E-state index contributed by atoms with van der Waals surface area (Å²) in [6.07, 6.45) is 1.50. The zero-order valence-electron chi connectivity index (χ0n) is 18.9. The van der Waals surface area contributed by atoms with Crippen LogP contribution in [-0.2, 0) is 6.61 Å². The molecule has 3 aromatic rings. The number of nitrogens with one attached hydrogen (secondary N) is 2. The number of hydrogen-bond donors (Lipinski definition) is 2. The van der Waals surface area contributed by atoms with Crippen molar-refractivity contribution in [2.24, 2.45) is 5.10 Å². The highest BCUT2D eigenvalue weighted by molar-refractivity contribution is 14.1. The number of carbonyl (C=O) groups excluding carboxylic acids is 1. The molecule has 3 aromatic carbocycles. The standard InChI is InChI=1S/C24H22BrIN4O5/c1-3-34-22-12-17(13-27-29-24(31)28-18-7-8-20(25)15(2)9-18)11-21(26)23(22)35-14-16-5-4-6-19(10-16)30(32)33/h4-13H,3,14H2,1-2H3,(H2,28,29,31)/b27-13+. The minimum Gasteiger partial charge on any atom is -0.490 e. The van der Waals surface area contributed by atoms with Gasteiger partial charge in [-0.3, -0.25) is 10.1 Å². The molecular weight excluding hydrogens is 631 g/mol. The van der Waals surface area contributed by atoms with E-state index in [9.17, 15) is 14.9 Å². The van der Waals surface area contributed by atoms with Gasteiger partial charge in [-0.15, -0.1) is 0 Å². The van der Waals surface area contributed by atoms with E-state index < -0.39 is 11.0 Å². The quantitative estimate of drug-likeness (QED) is 0.120. The van der Waals surface area contributed by atoms with Crippen LogP contribution in [0.3, 0.4) is 0 Å². The summed E-state index contributed by atoms with van der Waals surface area (Å²) in [4.78, 5) is 22.7. The molecule has 0 saturated carbocycles. The number of anilines is 1. The summed E-state index contributed by atoms with van der Waals surface area (Å²) in [7, 11) is 0. The summed E-state index contributed by atoms with van der Waals surface area (Å²) in [5, 5.41) is 17.7. The van der Waals surface area contributed by atoms with Crippen molar-refractivity contribution in [1.82, 2.24) is 5.43 Å². The number of urea groups is 1. The molecule has 0 aromatic heterocycles. The molecule has 0 atom stereocenters. The van der Waals surface area contributed by atoms with Crippen LogP contribution in [0.25, 0.3) is 0 Å². The van der Waals surface area contributed by atoms with Gasteiger partial charge in [0.15, 0.2) is 11.5 Å². The molecule has 0 aliphatic heterocycles. The van der Waals surface area contributed by atoms with Crippen molar-refractivity contribution < 1.29 is 19.2 Å². The van der Waals surface area contributed by atoms with Gasteiger partial charge in [0.25, 0.3) is 5.69 Å². The Morgan fingerprint density at radius 2 is 2.00 bits per heavy atom. The van der Waals surface area contributed by atoms with E-state index in [-0.39, 0.29) is 12.3 Å². The molecule has 2 N–H and O–H groups in total. The second-order valence-corrected chi connectivity index (χ2v) is 9.28. The summed E-state index contributed by atoms with van der Waals surface area (Å²) in [6, 6.07) is 14.9. The molecule has 0 fully saturated rings. The number of rotatable bonds is 9. The molecule has 0 aliphatic carbocycles. The number of non-ortho nitro benzene ring substituents is 1. The maximum atomic E-state index is 12.1. The molecule has 0 spiro atoms. The highest BCUT2D eigenvalue weighted by Crippen LogP contribution is 2.34. The zero-order chi connectivity index (χ0) is 25.4. The van der Waals surface area contributed by atoms with Crippen molar-refractivity contribution >= 4 is 62.1 Å². The number of benzene rings is 3. The molecule has 3 rings (SSSR count). The Balaban J connectivity index is 1.67. The van der Waals surface area contributed by atoms with Crippen LogP contribution >= 0.6 is 38.5 Å². The van der Waals surface area contributed by atoms with Crippen molar-refractivity contribution in [1.29, 1.82) is 0 Å². The Labute approximate surface area is 224 Å². The average Bonchev–Trinajstić information content (AvgIpc) is 2.81. The van der Waals surface area contributed by atoms with Gasteiger partial charge in [-0.05, 0) is 83.5 Å². The molecule has 182 valence electrons. The van der Waals surface area contributed by atoms with Gasteiger partial charge in [0.1, 0.15) is 6.61 Å². The van der Waals surface area contributed by atoms with Gasteiger partial charge in [-0.2, -0.15) is 5.10 Å². The number of aryl methyl sites for hydroxylation is 1. The molecule has 0 bridgehead atoms. The predicted octanol–water partition coefficient (Wildman–Crippen LogP) is 6.40. The lowest BCUT2D eigenvalue weighted by atomic mass is 10.2. The highest BCUT2D eigenvalue weighted by Gasteiger charge is 2.13. The maximum Gasteiger partial charge on any atom is 0.339 e. The molecule has 2 amide bonds. The fraction of sp³-hybridized carbons (Fsp3) is 0.167. The summed E-state index contributed by atoms with van der Waals surface area (Å²) in [6.45, 7) is 4.34. The van der Waals surface area contributed by atoms with Crippen LogP contribution in [0.4, 0.5) is 16.2 Å². The second kappa shape index (κ2) is 12.5. The Morgan fingerprint density at radius 1 is 1.20 bits per heavy atom. The Hall–Kier alpha value is -3.19. The van der Waals surface area contributed by atoms with Gasteiger partial charge in [0.05, 0.1) is 21.3 Å². The monoisotopic (exact) mass is 652 g/mol. The molecule has 11 heteroatoms. The van der Waals surface area contributed by atoms with Crippen LogP contribution in [0.2, 0.25) is 0 Å². The molecule has 0 aliphatic rings. The highest BCUT2D eigenvalue weighted by atomic mass is 127. The van der Waals surface area contributed by atoms with Gasteiger partial charge in [0, 0.05) is 22.3 Å². The predicted molar refractivity (Wildman–Crippen MR) is 146 cm³/mol. The minimum absolute atomic E-state index is 0.00388. The summed E-state index contributed by atoms with van der Waals surface area (Å²) in [5.41, 5.74) is 5.45. The smallest absolute Gasteiger partial charge is 0.339 e. The molecule has 0 heterocycles. The van der Waals surface area contributed by atoms with E-state index in [1.807, 2.05) is 32.0 Å². The minimum atomic E-state index is -0.473. The molecule has 9 nitrogen and oxygen atoms in total. The van der Waals surface area contributed by atoms with Gasteiger partial charge in [-0.1, -0.05) is 28.1 Å². The Kier molecular flexibility index (Phi) is 9.43. The molecular formula is C24H22BrIN4O5. The largest absolute Gasteiger partial charge is 0.490 e. The number of amides is 2. The summed E-state index contributed by atoms with van der Waals surface area (Å²) < 4.78 is 13.4. The Bertz CT molecular complexity index is 1270. The number of carbonyl (C=O) groups is 1. The van der Waals surface area contributed by atoms with Crippen molar-refractivity contribution in [3.05, 3.63) is 89.4 Å². The first-order valence-corrected chi connectivity index (χ1v) is 12.3. The normalized spacial score (nSPS) is 10.7. The van der Waals surface area contributed by atoms with Crippen LogP contribution in [0.15, 0.2) is 64.2 Å². The number of hydrazone groups is 1. The molecule has 35 heavy (non-hydrogen) atoms. The summed E-state index contributed by atoms with van der Waals surface area (Å²) >= 11 is 5.54. The Morgan fingerprint density at radius 3 is 2.71 bits per heavy atom. The SMILES string of the molecule is CCOc1cc(/C=N/NC(=O)Nc2ccc(Br)c(C)c2)cc(I)c1OCc1cccc([N+](=O)[O-])c1. The zero-order valence-corrected chi connectivity index (χ0v) is 22.6. The number of halogens is 2. The third-order valence-electron chi connectivity index (χ3n) is 4.63. The van der Waals surface area contributed by atoms with Gasteiger partial charge in [0.2, 0.25) is 0 Å². The number of nitro benzene ring substituents is 1. The van der Waals surface area contributed by atoms with Gasteiger partial charge >= 0.3 is 6.03 Å². The summed E-state index contributed by atoms with van der Waals surface area (Å²) in [5.74, 6) is 1.02.